The van der Waals surface area contributed by atoms with E-state index in [2.05, 4.69) is 22.9 Å². The summed E-state index contributed by atoms with van der Waals surface area (Å²) >= 11 is 0. The van der Waals surface area contributed by atoms with E-state index in [9.17, 15) is 14.4 Å². The SMILES string of the molecule is CC[C@@H](CNC(=O)[C@H](C)OC(=O)CCNC(=O)Nc1ccccc1)c1ccccc1. The Labute approximate surface area is 177 Å². The fraction of sp³-hybridized carbons (Fsp3) is 0.348. The molecule has 0 radical (unpaired) electrons. The van der Waals surface area contributed by atoms with Crippen LogP contribution >= 0.6 is 0 Å². The number of carbonyl (C=O) groups is 3. The van der Waals surface area contributed by atoms with E-state index in [0.717, 1.165) is 12.0 Å². The summed E-state index contributed by atoms with van der Waals surface area (Å²) in [6.07, 6.45) is -0.0414. The number of esters is 1. The van der Waals surface area contributed by atoms with Crippen LogP contribution in [-0.4, -0.2) is 37.1 Å². The van der Waals surface area contributed by atoms with Gasteiger partial charge in [-0.15, -0.1) is 0 Å². The summed E-state index contributed by atoms with van der Waals surface area (Å²) in [4.78, 5) is 36.0. The van der Waals surface area contributed by atoms with Gasteiger partial charge in [0, 0.05) is 24.7 Å². The highest BCUT2D eigenvalue weighted by Crippen LogP contribution is 2.18. The van der Waals surface area contributed by atoms with Crippen LogP contribution in [0.2, 0.25) is 0 Å². The number of para-hydroxylation sites is 1. The van der Waals surface area contributed by atoms with Crippen LogP contribution in [0.3, 0.4) is 0 Å². The molecular formula is C23H29N3O4. The van der Waals surface area contributed by atoms with Gasteiger partial charge in [-0.05, 0) is 31.0 Å². The van der Waals surface area contributed by atoms with Crippen molar-refractivity contribution in [3.63, 3.8) is 0 Å². The van der Waals surface area contributed by atoms with Crippen molar-refractivity contribution in [1.29, 1.82) is 0 Å². The van der Waals surface area contributed by atoms with Crippen LogP contribution in [0, 0.1) is 0 Å². The number of rotatable bonds is 10. The lowest BCUT2D eigenvalue weighted by Crippen LogP contribution is -2.38. The zero-order chi connectivity index (χ0) is 21.8. The molecule has 2 atom stereocenters. The molecule has 3 amide bonds. The molecule has 2 aromatic carbocycles. The van der Waals surface area contributed by atoms with Gasteiger partial charge in [0.05, 0.1) is 6.42 Å². The van der Waals surface area contributed by atoms with Crippen LogP contribution in [0.5, 0.6) is 0 Å². The van der Waals surface area contributed by atoms with Crippen LogP contribution in [0.1, 0.15) is 38.2 Å². The van der Waals surface area contributed by atoms with Gasteiger partial charge in [-0.2, -0.15) is 0 Å². The van der Waals surface area contributed by atoms with Crippen LogP contribution < -0.4 is 16.0 Å². The van der Waals surface area contributed by atoms with Gasteiger partial charge in [0.15, 0.2) is 6.10 Å². The molecule has 2 aromatic rings. The maximum absolute atomic E-state index is 12.2. The summed E-state index contributed by atoms with van der Waals surface area (Å²) in [5.74, 6) is -0.689. The first-order valence-corrected chi connectivity index (χ1v) is 10.1. The van der Waals surface area contributed by atoms with E-state index in [4.69, 9.17) is 4.74 Å². The summed E-state index contributed by atoms with van der Waals surface area (Å²) in [5.41, 5.74) is 1.81. The predicted molar refractivity (Wildman–Crippen MR) is 116 cm³/mol. The minimum Gasteiger partial charge on any atom is -0.452 e. The summed E-state index contributed by atoms with van der Waals surface area (Å²) in [7, 11) is 0. The summed E-state index contributed by atoms with van der Waals surface area (Å²) < 4.78 is 5.16. The van der Waals surface area contributed by atoms with Crippen molar-refractivity contribution in [2.45, 2.75) is 38.7 Å². The second-order valence-electron chi connectivity index (χ2n) is 6.89. The van der Waals surface area contributed by atoms with E-state index < -0.39 is 18.1 Å². The second kappa shape index (κ2) is 12.3. The Hall–Kier alpha value is -3.35. The normalized spacial score (nSPS) is 12.3. The molecule has 7 nitrogen and oxygen atoms in total. The summed E-state index contributed by atoms with van der Waals surface area (Å²) in [6.45, 7) is 4.18. The third-order valence-corrected chi connectivity index (χ3v) is 4.61. The molecule has 2 rings (SSSR count). The molecule has 0 aliphatic rings. The van der Waals surface area contributed by atoms with Gasteiger partial charge in [-0.1, -0.05) is 55.5 Å². The van der Waals surface area contributed by atoms with Crippen LogP contribution in [0.4, 0.5) is 10.5 Å². The lowest BCUT2D eigenvalue weighted by molar-refractivity contribution is -0.154. The quantitative estimate of drug-likeness (QED) is 0.522. The van der Waals surface area contributed by atoms with Crippen molar-refractivity contribution in [2.24, 2.45) is 0 Å². The molecule has 0 saturated heterocycles. The van der Waals surface area contributed by atoms with E-state index in [1.165, 1.54) is 6.92 Å². The van der Waals surface area contributed by atoms with Crippen molar-refractivity contribution in [2.75, 3.05) is 18.4 Å². The largest absolute Gasteiger partial charge is 0.452 e. The van der Waals surface area contributed by atoms with Gasteiger partial charge in [-0.3, -0.25) is 9.59 Å². The van der Waals surface area contributed by atoms with E-state index in [0.29, 0.717) is 12.2 Å². The molecule has 0 saturated carbocycles. The van der Waals surface area contributed by atoms with Crippen LogP contribution in [0.15, 0.2) is 60.7 Å². The Morgan fingerprint density at radius 1 is 0.933 bits per heavy atom. The maximum atomic E-state index is 12.2. The first-order valence-electron chi connectivity index (χ1n) is 10.1. The number of anilines is 1. The summed E-state index contributed by atoms with van der Waals surface area (Å²) in [6, 6.07) is 18.5. The number of hydrogen-bond donors (Lipinski definition) is 3. The van der Waals surface area contributed by atoms with Gasteiger partial charge >= 0.3 is 12.0 Å². The Morgan fingerprint density at radius 2 is 1.57 bits per heavy atom. The minimum absolute atomic E-state index is 0.0264. The number of carbonyl (C=O) groups excluding carboxylic acids is 3. The fourth-order valence-corrected chi connectivity index (χ4v) is 2.88. The number of nitrogens with one attached hydrogen (secondary N) is 3. The molecule has 0 spiro atoms. The van der Waals surface area contributed by atoms with Crippen molar-refractivity contribution in [1.82, 2.24) is 10.6 Å². The van der Waals surface area contributed by atoms with Gasteiger partial charge in [0.25, 0.3) is 5.91 Å². The topological polar surface area (TPSA) is 96.5 Å². The van der Waals surface area contributed by atoms with Gasteiger partial charge < -0.3 is 20.7 Å². The van der Waals surface area contributed by atoms with Crippen molar-refractivity contribution < 1.29 is 19.1 Å². The monoisotopic (exact) mass is 411 g/mol. The van der Waals surface area contributed by atoms with Crippen LogP contribution in [-0.2, 0) is 14.3 Å². The summed E-state index contributed by atoms with van der Waals surface area (Å²) in [5, 5.41) is 8.08. The third-order valence-electron chi connectivity index (χ3n) is 4.61. The van der Waals surface area contributed by atoms with Gasteiger partial charge in [0.1, 0.15) is 0 Å². The Balaban J connectivity index is 1.66. The molecule has 0 aliphatic carbocycles. The average molecular weight is 412 g/mol. The predicted octanol–water partition coefficient (Wildman–Crippen LogP) is 3.44. The molecule has 160 valence electrons. The lowest BCUT2D eigenvalue weighted by atomic mass is 9.96. The first kappa shape index (κ1) is 22.9. The van der Waals surface area contributed by atoms with Crippen molar-refractivity contribution in [3.05, 3.63) is 66.2 Å². The molecule has 7 heteroatoms. The third kappa shape index (κ3) is 7.95. The number of ether oxygens (including phenoxy) is 1. The molecule has 0 bridgehead atoms. The molecule has 0 unspecified atom stereocenters. The van der Waals surface area contributed by atoms with Gasteiger partial charge in [-0.25, -0.2) is 4.79 Å². The van der Waals surface area contributed by atoms with Crippen LogP contribution in [0.25, 0.3) is 0 Å². The van der Waals surface area contributed by atoms with Crippen molar-refractivity contribution in [3.8, 4) is 0 Å². The number of hydrogen-bond acceptors (Lipinski definition) is 4. The van der Waals surface area contributed by atoms with Crippen molar-refractivity contribution >= 4 is 23.6 Å². The molecule has 0 fully saturated rings. The molecule has 0 aromatic heterocycles. The second-order valence-corrected chi connectivity index (χ2v) is 6.89. The van der Waals surface area contributed by atoms with E-state index in [1.807, 2.05) is 48.5 Å². The lowest BCUT2D eigenvalue weighted by Gasteiger charge is -2.18. The Morgan fingerprint density at radius 3 is 2.20 bits per heavy atom. The Bertz CT molecular complexity index is 812. The Kier molecular flexibility index (Phi) is 9.37. The maximum Gasteiger partial charge on any atom is 0.319 e. The highest BCUT2D eigenvalue weighted by Gasteiger charge is 2.19. The fourth-order valence-electron chi connectivity index (χ4n) is 2.88. The zero-order valence-electron chi connectivity index (χ0n) is 17.4. The van der Waals surface area contributed by atoms with E-state index in [-0.39, 0.29) is 24.8 Å². The number of amides is 3. The molecule has 3 N–H and O–H groups in total. The zero-order valence-corrected chi connectivity index (χ0v) is 17.4. The molecule has 30 heavy (non-hydrogen) atoms. The highest BCUT2D eigenvalue weighted by atomic mass is 16.5. The van der Waals surface area contributed by atoms with E-state index in [1.54, 1.807) is 12.1 Å². The highest BCUT2D eigenvalue weighted by molar-refractivity contribution is 5.89. The average Bonchev–Trinajstić information content (AvgIpc) is 2.75. The number of urea groups is 1. The molecule has 0 heterocycles. The smallest absolute Gasteiger partial charge is 0.319 e. The minimum atomic E-state index is -0.899. The first-order chi connectivity index (χ1) is 14.5. The van der Waals surface area contributed by atoms with E-state index >= 15 is 0 Å². The number of benzene rings is 2. The van der Waals surface area contributed by atoms with Gasteiger partial charge in [0.2, 0.25) is 0 Å². The molecule has 0 aliphatic heterocycles. The standard InChI is InChI=1S/C23H29N3O4/c1-3-18(19-10-6-4-7-11-19)16-25-22(28)17(2)30-21(27)14-15-24-23(29)26-20-12-8-5-9-13-20/h4-13,17-18H,3,14-16H2,1-2H3,(H,25,28)(H2,24,26,29)/t17-,18-/m0/s1. The molecular weight excluding hydrogens is 382 g/mol.